The fourth-order valence-electron chi connectivity index (χ4n) is 2.04. The summed E-state index contributed by atoms with van der Waals surface area (Å²) in [4.78, 5) is 8.59. The van der Waals surface area contributed by atoms with Crippen molar-refractivity contribution in [2.45, 2.75) is 0 Å². The van der Waals surface area contributed by atoms with E-state index < -0.39 is 0 Å². The van der Waals surface area contributed by atoms with Crippen molar-refractivity contribution in [1.29, 1.82) is 0 Å². The van der Waals surface area contributed by atoms with Crippen LogP contribution in [0.1, 0.15) is 0 Å². The molecule has 4 nitrogen and oxygen atoms in total. The van der Waals surface area contributed by atoms with Crippen molar-refractivity contribution in [2.24, 2.45) is 0 Å². The third-order valence-corrected chi connectivity index (χ3v) is 3.00. The van der Waals surface area contributed by atoms with E-state index in [0.717, 1.165) is 22.5 Å². The van der Waals surface area contributed by atoms with Gasteiger partial charge >= 0.3 is 13.7 Å². The molecule has 1 aromatic heterocycles. The highest BCUT2D eigenvalue weighted by Crippen LogP contribution is 2.25. The molecular formula is C16H12BN2O2. The molecule has 21 heavy (non-hydrogen) atoms. The molecule has 0 atom stereocenters. The predicted molar refractivity (Wildman–Crippen MR) is 81.5 cm³/mol. The Hall–Kier alpha value is -2.66. The molecule has 0 saturated heterocycles. The fourth-order valence-corrected chi connectivity index (χ4v) is 2.04. The lowest BCUT2D eigenvalue weighted by Crippen LogP contribution is -2.05. The molecule has 0 aliphatic carbocycles. The van der Waals surface area contributed by atoms with Crippen LogP contribution in [0.5, 0.6) is 6.01 Å². The van der Waals surface area contributed by atoms with E-state index in [9.17, 15) is 0 Å². The summed E-state index contributed by atoms with van der Waals surface area (Å²) < 4.78 is 4.94. The van der Waals surface area contributed by atoms with Gasteiger partial charge in [-0.2, -0.15) is 9.97 Å². The van der Waals surface area contributed by atoms with Crippen LogP contribution in [0.3, 0.4) is 0 Å². The Labute approximate surface area is 123 Å². The molecule has 1 radical (unpaired) electrons. The van der Waals surface area contributed by atoms with Crippen molar-refractivity contribution < 1.29 is 9.68 Å². The summed E-state index contributed by atoms with van der Waals surface area (Å²) in [6.45, 7) is 0. The average Bonchev–Trinajstić information content (AvgIpc) is 2.56. The molecule has 0 spiro atoms. The Morgan fingerprint density at radius 2 is 1.24 bits per heavy atom. The zero-order chi connectivity index (χ0) is 14.5. The fraction of sp³-hybridized carbons (Fsp3) is 0. The van der Waals surface area contributed by atoms with E-state index in [1.165, 1.54) is 0 Å². The van der Waals surface area contributed by atoms with Crippen LogP contribution in [0.25, 0.3) is 22.5 Å². The van der Waals surface area contributed by atoms with Gasteiger partial charge < -0.3 is 9.68 Å². The minimum absolute atomic E-state index is 0.109. The standard InChI is InChI=1S/C16H12BN2O2/c20-17-21-16-18-14(12-7-3-1-4-8-12)11-15(19-16)13-9-5-2-6-10-13/h1-11,20H. The van der Waals surface area contributed by atoms with Crippen molar-refractivity contribution in [1.82, 2.24) is 9.97 Å². The average molecular weight is 275 g/mol. The molecular weight excluding hydrogens is 263 g/mol. The Balaban J connectivity index is 2.11. The molecule has 0 bridgehead atoms. The lowest BCUT2D eigenvalue weighted by atomic mass is 10.1. The van der Waals surface area contributed by atoms with Gasteiger partial charge in [0.2, 0.25) is 0 Å². The van der Waals surface area contributed by atoms with Crippen molar-refractivity contribution in [3.05, 3.63) is 66.7 Å². The molecule has 3 aromatic rings. The number of rotatable bonds is 4. The lowest BCUT2D eigenvalue weighted by molar-refractivity contribution is 0.431. The third-order valence-electron chi connectivity index (χ3n) is 3.00. The maximum atomic E-state index is 8.82. The first-order chi connectivity index (χ1) is 10.4. The van der Waals surface area contributed by atoms with Gasteiger partial charge in [-0.3, -0.25) is 0 Å². The van der Waals surface area contributed by atoms with E-state index in [4.69, 9.17) is 9.68 Å². The van der Waals surface area contributed by atoms with E-state index in [-0.39, 0.29) is 6.01 Å². The topological polar surface area (TPSA) is 55.2 Å². The van der Waals surface area contributed by atoms with Crippen molar-refractivity contribution in [3.8, 4) is 28.5 Å². The van der Waals surface area contributed by atoms with Crippen LogP contribution in [0.15, 0.2) is 66.7 Å². The molecule has 1 N–H and O–H groups in total. The summed E-state index contributed by atoms with van der Waals surface area (Å²) in [5.74, 6) is 0. The Kier molecular flexibility index (Phi) is 3.93. The monoisotopic (exact) mass is 275 g/mol. The highest BCUT2D eigenvalue weighted by atomic mass is 16.5. The summed E-state index contributed by atoms with van der Waals surface area (Å²) in [7, 11) is 0.582. The van der Waals surface area contributed by atoms with Gasteiger partial charge in [0, 0.05) is 11.1 Å². The maximum Gasteiger partial charge on any atom is 0.571 e. The van der Waals surface area contributed by atoms with Crippen molar-refractivity contribution in [2.75, 3.05) is 0 Å². The van der Waals surface area contributed by atoms with Gasteiger partial charge in [0.05, 0.1) is 11.4 Å². The van der Waals surface area contributed by atoms with E-state index in [1.54, 1.807) is 0 Å². The summed E-state index contributed by atoms with van der Waals surface area (Å²) in [5, 5.41) is 8.82. The van der Waals surface area contributed by atoms with E-state index in [2.05, 4.69) is 9.97 Å². The largest absolute Gasteiger partial charge is 0.571 e. The van der Waals surface area contributed by atoms with Crippen LogP contribution >= 0.6 is 0 Å². The number of aromatic nitrogens is 2. The summed E-state index contributed by atoms with van der Waals surface area (Å²) in [5.41, 5.74) is 3.39. The van der Waals surface area contributed by atoms with Gasteiger partial charge in [0.1, 0.15) is 0 Å². The first kappa shape index (κ1) is 13.3. The van der Waals surface area contributed by atoms with Crippen LogP contribution in [0, 0.1) is 0 Å². The molecule has 0 fully saturated rings. The minimum Gasteiger partial charge on any atom is -0.509 e. The second kappa shape index (κ2) is 6.20. The lowest BCUT2D eigenvalue weighted by Gasteiger charge is -2.08. The van der Waals surface area contributed by atoms with Gasteiger partial charge in [0.15, 0.2) is 0 Å². The normalized spacial score (nSPS) is 10.1. The SMILES string of the molecule is O[B]Oc1nc(-c2ccccc2)cc(-c2ccccc2)n1. The first-order valence-corrected chi connectivity index (χ1v) is 6.49. The van der Waals surface area contributed by atoms with Crippen LogP contribution < -0.4 is 4.65 Å². The molecule has 3 rings (SSSR count). The second-order valence-corrected chi connectivity index (χ2v) is 4.38. The number of hydrogen-bond acceptors (Lipinski definition) is 4. The van der Waals surface area contributed by atoms with Gasteiger partial charge in [0.25, 0.3) is 0 Å². The van der Waals surface area contributed by atoms with Crippen LogP contribution in [0.4, 0.5) is 0 Å². The smallest absolute Gasteiger partial charge is 0.509 e. The molecule has 101 valence electrons. The summed E-state index contributed by atoms with van der Waals surface area (Å²) >= 11 is 0. The predicted octanol–water partition coefficient (Wildman–Crippen LogP) is 2.72. The molecule has 1 heterocycles. The van der Waals surface area contributed by atoms with Gasteiger partial charge in [-0.05, 0) is 6.07 Å². The zero-order valence-electron chi connectivity index (χ0n) is 11.2. The second-order valence-electron chi connectivity index (χ2n) is 4.38. The highest BCUT2D eigenvalue weighted by molar-refractivity contribution is 6.17. The number of benzene rings is 2. The van der Waals surface area contributed by atoms with Crippen LogP contribution in [0.2, 0.25) is 0 Å². The van der Waals surface area contributed by atoms with E-state index in [0.29, 0.717) is 7.69 Å². The van der Waals surface area contributed by atoms with Gasteiger partial charge in [-0.1, -0.05) is 60.7 Å². The molecule has 2 aromatic carbocycles. The van der Waals surface area contributed by atoms with E-state index in [1.807, 2.05) is 66.7 Å². The molecule has 0 aliphatic heterocycles. The third kappa shape index (κ3) is 3.09. The Morgan fingerprint density at radius 1 is 0.762 bits per heavy atom. The maximum absolute atomic E-state index is 8.82. The van der Waals surface area contributed by atoms with Crippen LogP contribution in [-0.4, -0.2) is 22.7 Å². The molecule has 0 aliphatic rings. The summed E-state index contributed by atoms with van der Waals surface area (Å²) in [6.07, 6.45) is 0. The first-order valence-electron chi connectivity index (χ1n) is 6.49. The Bertz CT molecular complexity index is 663. The molecule has 0 amide bonds. The zero-order valence-corrected chi connectivity index (χ0v) is 11.2. The minimum atomic E-state index is 0.109. The summed E-state index contributed by atoms with van der Waals surface area (Å²) in [6, 6.07) is 21.5. The number of nitrogens with zero attached hydrogens (tertiary/aromatic N) is 2. The van der Waals surface area contributed by atoms with Crippen molar-refractivity contribution >= 4 is 7.69 Å². The number of hydrogen-bond donors (Lipinski definition) is 1. The van der Waals surface area contributed by atoms with Crippen LogP contribution in [-0.2, 0) is 0 Å². The van der Waals surface area contributed by atoms with Gasteiger partial charge in [-0.15, -0.1) is 0 Å². The highest BCUT2D eigenvalue weighted by Gasteiger charge is 2.09. The van der Waals surface area contributed by atoms with E-state index >= 15 is 0 Å². The molecule has 0 unspecified atom stereocenters. The van der Waals surface area contributed by atoms with Crippen molar-refractivity contribution in [3.63, 3.8) is 0 Å². The molecule has 5 heteroatoms. The quantitative estimate of drug-likeness (QED) is 0.744. The Morgan fingerprint density at radius 3 is 1.67 bits per heavy atom. The molecule has 0 saturated carbocycles. The van der Waals surface area contributed by atoms with Gasteiger partial charge in [-0.25, -0.2) is 0 Å².